The van der Waals surface area contributed by atoms with Gasteiger partial charge in [-0.2, -0.15) is 0 Å². The number of aromatic nitrogens is 1. The molecule has 1 atom stereocenters. The van der Waals surface area contributed by atoms with Crippen molar-refractivity contribution in [2.45, 2.75) is 44.9 Å². The second-order valence-electron chi connectivity index (χ2n) is 8.42. The average Bonchev–Trinajstić information content (AvgIpc) is 3.35. The first-order valence-electron chi connectivity index (χ1n) is 10.2. The highest BCUT2D eigenvalue weighted by atomic mass is 35.5. The molecule has 1 fully saturated rings. The Balaban J connectivity index is 2.00. The molecule has 1 aliphatic carbocycles. The number of phenolic OH excluding ortho intramolecular Hbond substituents is 1. The summed E-state index contributed by atoms with van der Waals surface area (Å²) in [4.78, 5) is 26.0. The van der Waals surface area contributed by atoms with E-state index < -0.39 is 23.1 Å². The second-order valence-corrected chi connectivity index (χ2v) is 8.83. The molecule has 7 heteroatoms. The van der Waals surface area contributed by atoms with E-state index in [0.717, 1.165) is 31.7 Å². The molecule has 162 valence electrons. The maximum absolute atomic E-state index is 14.0. The minimum Gasteiger partial charge on any atom is -0.508 e. The summed E-state index contributed by atoms with van der Waals surface area (Å²) in [7, 11) is 0. The van der Waals surface area contributed by atoms with Crippen LogP contribution in [-0.2, 0) is 10.2 Å². The van der Waals surface area contributed by atoms with Gasteiger partial charge in [0.2, 0.25) is 0 Å². The first-order valence-corrected chi connectivity index (χ1v) is 10.6. The highest BCUT2D eigenvalue weighted by Gasteiger charge is 2.47. The monoisotopic (exact) mass is 443 g/mol. The summed E-state index contributed by atoms with van der Waals surface area (Å²) >= 11 is 5.76. The van der Waals surface area contributed by atoms with Crippen molar-refractivity contribution < 1.29 is 24.2 Å². The number of carboxylic acid groups (broad SMARTS) is 1. The van der Waals surface area contributed by atoms with Gasteiger partial charge in [0.25, 0.3) is 5.91 Å². The van der Waals surface area contributed by atoms with E-state index in [1.54, 1.807) is 19.9 Å². The number of aliphatic carboxylic acids is 1. The Labute approximate surface area is 184 Å². The molecule has 2 N–H and O–H groups in total. The van der Waals surface area contributed by atoms with Crippen LogP contribution < -0.4 is 0 Å². The van der Waals surface area contributed by atoms with Crippen LogP contribution in [0.2, 0.25) is 5.02 Å². The summed E-state index contributed by atoms with van der Waals surface area (Å²) in [6.45, 7) is 3.40. The molecular formula is C24H23ClFNO4. The number of carboxylic acids is 1. The van der Waals surface area contributed by atoms with Crippen molar-refractivity contribution in [1.82, 2.24) is 4.57 Å². The lowest BCUT2D eigenvalue weighted by Gasteiger charge is -2.32. The molecule has 2 aromatic carbocycles. The van der Waals surface area contributed by atoms with Crippen molar-refractivity contribution in [3.05, 3.63) is 64.1 Å². The van der Waals surface area contributed by atoms with Gasteiger partial charge in [0, 0.05) is 16.6 Å². The number of nitrogens with zero attached hydrogens (tertiary/aromatic N) is 1. The summed E-state index contributed by atoms with van der Waals surface area (Å²) in [6, 6.07) is 8.36. The minimum atomic E-state index is -1.23. The van der Waals surface area contributed by atoms with E-state index in [-0.39, 0.29) is 22.3 Å². The summed E-state index contributed by atoms with van der Waals surface area (Å²) in [5.74, 6) is -2.27. The second kappa shape index (κ2) is 7.68. The Morgan fingerprint density at radius 2 is 1.84 bits per heavy atom. The Hall–Kier alpha value is -2.86. The lowest BCUT2D eigenvalue weighted by molar-refractivity contribution is -0.145. The number of aromatic hydroxyl groups is 1. The normalized spacial score (nSPS) is 16.5. The summed E-state index contributed by atoms with van der Waals surface area (Å²) in [6.07, 6.45) is 3.48. The van der Waals surface area contributed by atoms with Gasteiger partial charge in [-0.05, 0) is 74.6 Å². The minimum absolute atomic E-state index is 0.0185. The molecule has 0 aliphatic heterocycles. The molecule has 0 amide bonds. The average molecular weight is 444 g/mol. The molecule has 0 unspecified atom stereocenters. The molecule has 0 bridgehead atoms. The van der Waals surface area contributed by atoms with Crippen molar-refractivity contribution in [1.29, 1.82) is 0 Å². The van der Waals surface area contributed by atoms with Crippen LogP contribution in [0.5, 0.6) is 5.75 Å². The summed E-state index contributed by atoms with van der Waals surface area (Å²) < 4.78 is 15.4. The maximum Gasteiger partial charge on any atom is 0.314 e. The molecule has 0 spiro atoms. The number of benzene rings is 2. The van der Waals surface area contributed by atoms with Crippen LogP contribution in [0.15, 0.2) is 36.4 Å². The van der Waals surface area contributed by atoms with Gasteiger partial charge < -0.3 is 10.2 Å². The summed E-state index contributed by atoms with van der Waals surface area (Å²) in [5, 5.41) is 20.9. The molecule has 5 nitrogen and oxygen atoms in total. The smallest absolute Gasteiger partial charge is 0.314 e. The van der Waals surface area contributed by atoms with E-state index in [1.807, 2.05) is 0 Å². The zero-order valence-electron chi connectivity index (χ0n) is 17.3. The number of rotatable bonds is 4. The van der Waals surface area contributed by atoms with Crippen molar-refractivity contribution in [3.63, 3.8) is 0 Å². The van der Waals surface area contributed by atoms with Gasteiger partial charge in [-0.15, -0.1) is 0 Å². The molecule has 0 saturated heterocycles. The van der Waals surface area contributed by atoms with E-state index in [1.165, 1.54) is 28.8 Å². The van der Waals surface area contributed by atoms with Gasteiger partial charge in [-0.25, -0.2) is 4.39 Å². The highest BCUT2D eigenvalue weighted by molar-refractivity contribution is 6.30. The number of hydrogen-bond acceptors (Lipinski definition) is 3. The molecule has 1 aliphatic rings. The third kappa shape index (κ3) is 3.30. The van der Waals surface area contributed by atoms with Gasteiger partial charge in [-0.1, -0.05) is 24.4 Å². The van der Waals surface area contributed by atoms with E-state index in [9.17, 15) is 24.2 Å². The quantitative estimate of drug-likeness (QED) is 0.544. The Kier molecular flexibility index (Phi) is 5.30. The topological polar surface area (TPSA) is 79.5 Å². The Morgan fingerprint density at radius 3 is 2.45 bits per heavy atom. The van der Waals surface area contributed by atoms with Crippen LogP contribution in [-0.4, -0.2) is 26.7 Å². The van der Waals surface area contributed by atoms with Gasteiger partial charge in [0.1, 0.15) is 11.6 Å². The molecule has 31 heavy (non-hydrogen) atoms. The van der Waals surface area contributed by atoms with Gasteiger partial charge >= 0.3 is 5.97 Å². The fourth-order valence-corrected chi connectivity index (χ4v) is 5.19. The third-order valence-electron chi connectivity index (χ3n) is 6.69. The van der Waals surface area contributed by atoms with Crippen LogP contribution in [0.3, 0.4) is 0 Å². The van der Waals surface area contributed by atoms with Crippen LogP contribution in [0.4, 0.5) is 4.39 Å². The van der Waals surface area contributed by atoms with Crippen LogP contribution in [0, 0.1) is 18.7 Å². The van der Waals surface area contributed by atoms with E-state index in [0.29, 0.717) is 22.2 Å². The number of halogens is 2. The molecule has 1 aromatic heterocycles. The fourth-order valence-electron chi connectivity index (χ4n) is 5.07. The van der Waals surface area contributed by atoms with Crippen molar-refractivity contribution in [2.75, 3.05) is 0 Å². The van der Waals surface area contributed by atoms with E-state index >= 15 is 0 Å². The number of hydrogen-bond donors (Lipinski definition) is 2. The molecule has 0 radical (unpaired) electrons. The Morgan fingerprint density at radius 1 is 1.16 bits per heavy atom. The van der Waals surface area contributed by atoms with Crippen LogP contribution in [0.1, 0.15) is 54.2 Å². The number of fused-ring (bicyclic) bond motifs is 1. The molecule has 1 saturated carbocycles. The van der Waals surface area contributed by atoms with Gasteiger partial charge in [0.05, 0.1) is 16.0 Å². The van der Waals surface area contributed by atoms with Crippen LogP contribution >= 0.6 is 11.6 Å². The number of carbonyl (C=O) groups excluding carboxylic acids is 1. The highest BCUT2D eigenvalue weighted by Crippen LogP contribution is 2.47. The lowest BCUT2D eigenvalue weighted by Crippen LogP contribution is -2.40. The molecule has 4 rings (SSSR count). The van der Waals surface area contributed by atoms with Crippen molar-refractivity contribution >= 4 is 34.4 Å². The zero-order chi connectivity index (χ0) is 22.5. The predicted molar refractivity (Wildman–Crippen MR) is 116 cm³/mol. The number of carbonyl (C=O) groups is 2. The first-order chi connectivity index (χ1) is 14.7. The fraction of sp³-hybridized carbons (Fsp3) is 0.333. The third-order valence-corrected chi connectivity index (χ3v) is 7.00. The maximum atomic E-state index is 14.0. The molecule has 1 heterocycles. The van der Waals surface area contributed by atoms with Gasteiger partial charge in [-0.3, -0.25) is 14.2 Å². The SMILES string of the molecule is Cc1c([C@](C)(C(=O)O)C2CCCC2)c2cc(O)ccc2n1C(=O)c1ccc(Cl)c(F)c1. The van der Waals surface area contributed by atoms with Gasteiger partial charge in [0.15, 0.2) is 0 Å². The number of phenols is 1. The largest absolute Gasteiger partial charge is 0.508 e. The Bertz CT molecular complexity index is 1210. The van der Waals surface area contributed by atoms with Crippen molar-refractivity contribution in [3.8, 4) is 5.75 Å². The first kappa shape index (κ1) is 21.4. The molecule has 3 aromatic rings. The lowest BCUT2D eigenvalue weighted by atomic mass is 9.70. The van der Waals surface area contributed by atoms with E-state index in [4.69, 9.17) is 11.6 Å². The zero-order valence-corrected chi connectivity index (χ0v) is 18.0. The van der Waals surface area contributed by atoms with E-state index in [2.05, 4.69) is 0 Å². The van der Waals surface area contributed by atoms with Crippen LogP contribution in [0.25, 0.3) is 10.9 Å². The predicted octanol–water partition coefficient (Wildman–Crippen LogP) is 5.67. The molecular weight excluding hydrogens is 421 g/mol. The summed E-state index contributed by atoms with van der Waals surface area (Å²) in [5.41, 5.74) is 0.317. The standard InChI is InChI=1S/C24H23ClFNO4/c1-13-21(24(2,23(30)31)15-5-3-4-6-15)17-12-16(28)8-10-20(17)27(13)22(29)14-7-9-18(25)19(26)11-14/h7-12,15,28H,3-6H2,1-2H3,(H,30,31)/t24-/m1/s1. The van der Waals surface area contributed by atoms with Crippen molar-refractivity contribution in [2.24, 2.45) is 5.92 Å².